The summed E-state index contributed by atoms with van der Waals surface area (Å²) in [5, 5.41) is 2.87. The van der Waals surface area contributed by atoms with Gasteiger partial charge in [0.2, 0.25) is 11.6 Å². The molecule has 0 unspecified atom stereocenters. The predicted molar refractivity (Wildman–Crippen MR) is 119 cm³/mol. The van der Waals surface area contributed by atoms with Crippen LogP contribution in [0.5, 0.6) is 0 Å². The fraction of sp³-hybridized carbons (Fsp3) is 0.182. The number of hydrogen-bond acceptors (Lipinski definition) is 7. The molecule has 0 aliphatic heterocycles. The van der Waals surface area contributed by atoms with Crippen molar-refractivity contribution in [3.8, 4) is 0 Å². The van der Waals surface area contributed by atoms with Gasteiger partial charge in [0.1, 0.15) is 22.4 Å². The van der Waals surface area contributed by atoms with Crippen molar-refractivity contribution in [2.75, 3.05) is 20.3 Å². The summed E-state index contributed by atoms with van der Waals surface area (Å²) in [4.78, 5) is 51.5. The lowest BCUT2D eigenvalue weighted by Crippen LogP contribution is -2.31. The van der Waals surface area contributed by atoms with Gasteiger partial charge in [0.25, 0.3) is 0 Å². The Bertz CT molecular complexity index is 1220. The highest BCUT2D eigenvalue weighted by atomic mass is 35.5. The average molecular weight is 477 g/mol. The van der Waals surface area contributed by atoms with Crippen molar-refractivity contribution < 1.29 is 28.7 Å². The second-order valence-corrected chi connectivity index (χ2v) is 7.41. The molecule has 1 heterocycles. The van der Waals surface area contributed by atoms with E-state index in [9.17, 15) is 19.2 Å². The Kier molecular flexibility index (Phi) is 7.17. The quantitative estimate of drug-likeness (QED) is 0.273. The Morgan fingerprint density at radius 2 is 1.75 bits per heavy atom. The molecule has 1 aromatic heterocycles. The number of aryl methyl sites for hydroxylation is 1. The van der Waals surface area contributed by atoms with Crippen LogP contribution in [0.1, 0.15) is 11.3 Å². The molecule has 1 aliphatic rings. The topological polar surface area (TPSA) is 115 Å². The summed E-state index contributed by atoms with van der Waals surface area (Å²) in [7, 11) is 1.17. The van der Waals surface area contributed by atoms with Crippen LogP contribution in [0.15, 0.2) is 52.2 Å². The Hall–Kier alpha value is -3.36. The number of aromatic amines is 1. The molecule has 0 amide bonds. The minimum Gasteiger partial charge on any atom is -0.466 e. The van der Waals surface area contributed by atoms with E-state index in [1.54, 1.807) is 6.92 Å². The van der Waals surface area contributed by atoms with Gasteiger partial charge < -0.3 is 19.8 Å². The molecule has 3 rings (SSSR count). The Labute approximate surface area is 192 Å². The van der Waals surface area contributed by atoms with Crippen LogP contribution >= 0.6 is 23.2 Å². The molecule has 166 valence electrons. The third kappa shape index (κ3) is 4.61. The van der Waals surface area contributed by atoms with E-state index in [1.807, 2.05) is 24.3 Å². The average Bonchev–Trinajstić information content (AvgIpc) is 3.11. The second-order valence-electron chi connectivity index (χ2n) is 6.66. The van der Waals surface area contributed by atoms with Crippen LogP contribution < -0.4 is 5.32 Å². The normalized spacial score (nSPS) is 14.5. The lowest BCUT2D eigenvalue weighted by Gasteiger charge is -2.19. The highest BCUT2D eigenvalue weighted by Gasteiger charge is 2.35. The van der Waals surface area contributed by atoms with Crippen LogP contribution in [0.4, 0.5) is 0 Å². The highest BCUT2D eigenvalue weighted by Crippen LogP contribution is 2.38. The van der Waals surface area contributed by atoms with Gasteiger partial charge >= 0.3 is 11.9 Å². The van der Waals surface area contributed by atoms with E-state index in [0.29, 0.717) is 11.3 Å². The summed E-state index contributed by atoms with van der Waals surface area (Å²) in [6, 6.07) is 7.33. The van der Waals surface area contributed by atoms with E-state index in [2.05, 4.69) is 15.0 Å². The molecule has 2 N–H and O–H groups in total. The molecule has 10 heteroatoms. The Morgan fingerprint density at radius 1 is 1.06 bits per heavy atom. The number of para-hydroxylation sites is 1. The smallest absolute Gasteiger partial charge is 0.331 e. The van der Waals surface area contributed by atoms with Crippen LogP contribution in [0, 0.1) is 6.92 Å². The zero-order valence-corrected chi connectivity index (χ0v) is 18.6. The van der Waals surface area contributed by atoms with Crippen molar-refractivity contribution in [3.05, 3.63) is 63.4 Å². The number of hydrogen-bond donors (Lipinski definition) is 2. The number of esters is 2. The number of carbonyl (C=O) groups excluding carboxylic acids is 4. The molecule has 0 bridgehead atoms. The van der Waals surface area contributed by atoms with Gasteiger partial charge in [-0.1, -0.05) is 41.4 Å². The first kappa shape index (κ1) is 23.3. The molecular formula is C22H18Cl2N2O6. The van der Waals surface area contributed by atoms with Crippen molar-refractivity contribution in [1.82, 2.24) is 10.3 Å². The minimum atomic E-state index is -0.779. The molecule has 0 radical (unpaired) electrons. The maximum atomic E-state index is 13.0. The number of rotatable bonds is 7. The molecule has 0 fully saturated rings. The summed E-state index contributed by atoms with van der Waals surface area (Å²) in [6.07, 6.45) is 1.82. The highest BCUT2D eigenvalue weighted by molar-refractivity contribution is 6.63. The molecule has 0 saturated heterocycles. The number of Topliss-reactive ketones (excluding diaryl/α,β-unsaturated/α-hetero) is 2. The fourth-order valence-electron chi connectivity index (χ4n) is 3.21. The van der Waals surface area contributed by atoms with Crippen LogP contribution in [0.2, 0.25) is 0 Å². The largest absolute Gasteiger partial charge is 0.466 e. The van der Waals surface area contributed by atoms with Crippen molar-refractivity contribution >= 4 is 63.2 Å². The van der Waals surface area contributed by atoms with Gasteiger partial charge in [-0.3, -0.25) is 9.59 Å². The number of nitrogens with one attached hydrogen (secondary N) is 2. The summed E-state index contributed by atoms with van der Waals surface area (Å²) in [5.74, 6) is -2.72. The number of H-pyrrole nitrogens is 1. The van der Waals surface area contributed by atoms with Crippen molar-refractivity contribution in [1.29, 1.82) is 0 Å². The number of fused-ring (bicyclic) bond motifs is 1. The molecule has 0 saturated carbocycles. The predicted octanol–water partition coefficient (Wildman–Crippen LogP) is 2.89. The first-order chi connectivity index (χ1) is 15.3. The molecule has 0 atom stereocenters. The van der Waals surface area contributed by atoms with Gasteiger partial charge in [0, 0.05) is 40.9 Å². The third-order valence-corrected chi connectivity index (χ3v) is 5.36. The van der Waals surface area contributed by atoms with Gasteiger partial charge in [0.15, 0.2) is 0 Å². The lowest BCUT2D eigenvalue weighted by molar-refractivity contribution is -0.139. The molecule has 1 aliphatic carbocycles. The van der Waals surface area contributed by atoms with Crippen molar-refractivity contribution in [2.24, 2.45) is 0 Å². The van der Waals surface area contributed by atoms with Gasteiger partial charge in [-0.2, -0.15) is 0 Å². The number of allylic oxidation sites excluding steroid dienone is 3. The van der Waals surface area contributed by atoms with Gasteiger partial charge in [-0.25, -0.2) is 9.59 Å². The summed E-state index contributed by atoms with van der Waals surface area (Å²) < 4.78 is 9.25. The number of ketones is 2. The number of carbonyl (C=O) groups is 4. The van der Waals surface area contributed by atoms with E-state index < -0.39 is 23.5 Å². The van der Waals surface area contributed by atoms with Crippen LogP contribution in [-0.2, 0) is 28.7 Å². The van der Waals surface area contributed by atoms with Gasteiger partial charge in [-0.15, -0.1) is 0 Å². The fourth-order valence-corrected chi connectivity index (χ4v) is 3.73. The number of ether oxygens (including phenoxy) is 2. The van der Waals surface area contributed by atoms with E-state index in [4.69, 9.17) is 27.9 Å². The standard InChI is InChI=1S/C22H18Cl2N2O6/c1-11-16(12-5-3-4-6-13(12)26-11)17-18(23)22(30)20(19(24)21(17)29)25-9-10-32-15(28)8-7-14(27)31-2/h3-8,25-26H,9-10H2,1-2H3/b8-7+. The van der Waals surface area contributed by atoms with Crippen LogP contribution in [0.3, 0.4) is 0 Å². The summed E-state index contributed by atoms with van der Waals surface area (Å²) in [6.45, 7) is 1.60. The third-order valence-electron chi connectivity index (χ3n) is 4.64. The molecular weight excluding hydrogens is 459 g/mol. The molecule has 1 aromatic carbocycles. The Morgan fingerprint density at radius 3 is 2.47 bits per heavy atom. The van der Waals surface area contributed by atoms with Crippen molar-refractivity contribution in [2.45, 2.75) is 6.92 Å². The van der Waals surface area contributed by atoms with Crippen LogP contribution in [0.25, 0.3) is 16.5 Å². The zero-order valence-electron chi connectivity index (χ0n) is 17.1. The maximum Gasteiger partial charge on any atom is 0.331 e. The second kappa shape index (κ2) is 9.84. The van der Waals surface area contributed by atoms with Crippen LogP contribution in [-0.4, -0.2) is 48.8 Å². The van der Waals surface area contributed by atoms with Gasteiger partial charge in [0.05, 0.1) is 12.7 Å². The van der Waals surface area contributed by atoms with E-state index in [1.165, 1.54) is 7.11 Å². The van der Waals surface area contributed by atoms with Crippen molar-refractivity contribution in [3.63, 3.8) is 0 Å². The molecule has 2 aromatic rings. The molecule has 0 spiro atoms. The zero-order chi connectivity index (χ0) is 23.4. The number of aromatic nitrogens is 1. The number of benzene rings is 1. The first-order valence-corrected chi connectivity index (χ1v) is 10.1. The molecule has 32 heavy (non-hydrogen) atoms. The monoisotopic (exact) mass is 476 g/mol. The SMILES string of the molecule is COC(=O)/C=C/C(=O)OCCNC1=C(Cl)C(=O)C(c2c(C)[nH]c3ccccc23)=C(Cl)C1=O. The minimum absolute atomic E-state index is 0.0198. The molecule has 8 nitrogen and oxygen atoms in total. The van der Waals surface area contributed by atoms with E-state index in [0.717, 1.165) is 23.1 Å². The van der Waals surface area contributed by atoms with Gasteiger partial charge in [-0.05, 0) is 13.0 Å². The Balaban J connectivity index is 1.74. The lowest BCUT2D eigenvalue weighted by atomic mass is 9.92. The number of halogens is 2. The van der Waals surface area contributed by atoms with E-state index >= 15 is 0 Å². The number of methoxy groups -OCH3 is 1. The summed E-state index contributed by atoms with van der Waals surface area (Å²) >= 11 is 12.5. The summed E-state index contributed by atoms with van der Waals surface area (Å²) in [5.41, 5.74) is 1.84. The first-order valence-electron chi connectivity index (χ1n) is 9.39. The van der Waals surface area contributed by atoms with E-state index in [-0.39, 0.29) is 34.5 Å². The maximum absolute atomic E-state index is 13.0.